The van der Waals surface area contributed by atoms with Gasteiger partial charge < -0.3 is 110 Å². The molecule has 0 spiro atoms. The Morgan fingerprint density at radius 3 is 1.87 bits per heavy atom. The summed E-state index contributed by atoms with van der Waals surface area (Å²) in [7, 11) is 1.19. The van der Waals surface area contributed by atoms with Crippen LogP contribution in [0, 0.1) is 0 Å². The van der Waals surface area contributed by atoms with Crippen LogP contribution in [0.25, 0.3) is 0 Å². The number of methoxy groups -OCH3 is 1. The minimum atomic E-state index is -2.44. The van der Waals surface area contributed by atoms with Crippen molar-refractivity contribution in [2.24, 2.45) is 0 Å². The van der Waals surface area contributed by atoms with Crippen molar-refractivity contribution < 1.29 is 122 Å². The highest BCUT2D eigenvalue weighted by Crippen LogP contribution is 2.38. The van der Waals surface area contributed by atoms with Gasteiger partial charge in [-0.15, -0.1) is 0 Å². The number of aliphatic hydroxyl groups excluding tert-OH is 8. The average molecular weight is 980 g/mol. The Morgan fingerprint density at radius 2 is 1.31 bits per heavy atom. The van der Waals surface area contributed by atoms with Gasteiger partial charge in [-0.2, -0.15) is 0 Å². The van der Waals surface area contributed by atoms with E-state index in [2.05, 4.69) is 16.0 Å². The van der Waals surface area contributed by atoms with Crippen LogP contribution in [-0.4, -0.2) is 243 Å². The summed E-state index contributed by atoms with van der Waals surface area (Å²) in [6.07, 6.45) is -30.7. The van der Waals surface area contributed by atoms with Crippen molar-refractivity contribution in [1.82, 2.24) is 16.0 Å². The second-order valence-electron chi connectivity index (χ2n) is 16.3. The Labute approximate surface area is 385 Å². The number of carboxylic acid groups (broad SMARTS) is 2. The van der Waals surface area contributed by atoms with Crippen LogP contribution in [0.2, 0.25) is 0 Å². The molecule has 382 valence electrons. The van der Waals surface area contributed by atoms with Crippen LogP contribution in [0.5, 0.6) is 0 Å². The normalized spacial score (nSPS) is 38.5. The van der Waals surface area contributed by atoms with Crippen LogP contribution in [-0.2, 0) is 61.8 Å². The number of aldehydes is 1. The fourth-order valence-electron chi connectivity index (χ4n) is 8.15. The number of nitrogens with one attached hydrogen (secondary N) is 3. The molecule has 4 saturated heterocycles. The quantitative estimate of drug-likeness (QED) is 0.0426. The monoisotopic (exact) mass is 979 g/mol. The molecule has 68 heavy (non-hydrogen) atoms. The van der Waals surface area contributed by atoms with Crippen LogP contribution in [0.15, 0.2) is 24.3 Å². The fraction of sp³-hybridized carbons (Fsp3) is 0.700. The highest BCUT2D eigenvalue weighted by atomic mass is 16.8. The van der Waals surface area contributed by atoms with Gasteiger partial charge in [0.2, 0.25) is 11.8 Å². The van der Waals surface area contributed by atoms with E-state index in [1.54, 1.807) is 0 Å². The van der Waals surface area contributed by atoms with Crippen LogP contribution in [0.1, 0.15) is 41.0 Å². The molecule has 0 saturated carbocycles. The van der Waals surface area contributed by atoms with Gasteiger partial charge in [0, 0.05) is 38.6 Å². The summed E-state index contributed by atoms with van der Waals surface area (Å²) in [5, 5.41) is 115. The van der Waals surface area contributed by atoms with Crippen LogP contribution >= 0.6 is 0 Å². The van der Waals surface area contributed by atoms with Crippen LogP contribution in [0.4, 0.5) is 0 Å². The lowest BCUT2D eigenvalue weighted by atomic mass is 9.86. The van der Waals surface area contributed by atoms with E-state index in [-0.39, 0.29) is 18.7 Å². The first kappa shape index (κ1) is 54.5. The minimum Gasteiger partial charge on any atom is -0.481 e. The molecule has 4 aliphatic heterocycles. The molecule has 1 aromatic carbocycles. The number of carbonyl (C=O) groups excluding carboxylic acids is 4. The van der Waals surface area contributed by atoms with Crippen molar-refractivity contribution in [1.29, 1.82) is 0 Å². The third-order valence-electron chi connectivity index (χ3n) is 11.5. The van der Waals surface area contributed by atoms with Gasteiger partial charge in [-0.1, -0.05) is 12.1 Å². The summed E-state index contributed by atoms with van der Waals surface area (Å²) in [4.78, 5) is 72.5. The molecule has 4 aliphatic rings. The average Bonchev–Trinajstić information content (AvgIpc) is 3.29. The lowest BCUT2D eigenvalue weighted by molar-refractivity contribution is -0.379. The maximum absolute atomic E-state index is 12.5. The Bertz CT molecular complexity index is 1900. The minimum absolute atomic E-state index is 0.187. The molecule has 4 heterocycles. The molecule has 13 N–H and O–H groups in total. The van der Waals surface area contributed by atoms with Gasteiger partial charge in [-0.3, -0.25) is 24.0 Å². The smallest absolute Gasteiger partial charge is 0.335 e. The van der Waals surface area contributed by atoms with E-state index in [1.165, 1.54) is 31.4 Å². The standard InChI is InChI=1S/C40H57N3O25/c1-15(47)42-22-25(52)30(65-39-28(55)33(56)40(14-62-39,10-21(49)50)68-37-23(43-16(2)48)24(51)29(60-3)19(12-45)64-37)20(13-46)63-36(22)66-31-26(53)27(54)38(67-32(31)35(58)59)61-9-8-41-34(57)18-6-4-17(11-44)5-7-18/h4-7,11,19-20,22-33,36-39,45-46,51-56H,8-10,12-14H2,1-3H3,(H,41,57)(H,42,47)(H,43,48)(H,49,50)(H,58,59). The first-order valence-electron chi connectivity index (χ1n) is 21.0. The van der Waals surface area contributed by atoms with Crippen molar-refractivity contribution in [2.45, 2.75) is 136 Å². The number of ether oxygens (including phenoxy) is 9. The number of rotatable bonds is 20. The predicted molar refractivity (Wildman–Crippen MR) is 216 cm³/mol. The molecule has 5 rings (SSSR count). The summed E-state index contributed by atoms with van der Waals surface area (Å²) >= 11 is 0. The number of aliphatic carboxylic acids is 2. The molecule has 28 nitrogen and oxygen atoms in total. The molecule has 0 aliphatic carbocycles. The summed E-state index contributed by atoms with van der Waals surface area (Å²) in [6.45, 7) is -1.19. The lowest BCUT2D eigenvalue weighted by Crippen LogP contribution is -2.71. The second kappa shape index (κ2) is 23.9. The van der Waals surface area contributed by atoms with Gasteiger partial charge >= 0.3 is 11.9 Å². The van der Waals surface area contributed by atoms with E-state index in [9.17, 15) is 79.8 Å². The Kier molecular flexibility index (Phi) is 19.2. The topological polar surface area (TPSA) is 424 Å². The highest BCUT2D eigenvalue weighted by Gasteiger charge is 2.59. The lowest BCUT2D eigenvalue weighted by Gasteiger charge is -2.51. The number of hydrogen-bond donors (Lipinski definition) is 13. The Morgan fingerprint density at radius 1 is 0.735 bits per heavy atom. The van der Waals surface area contributed by atoms with Crippen molar-refractivity contribution in [3.8, 4) is 0 Å². The molecule has 1 aromatic rings. The van der Waals surface area contributed by atoms with Gasteiger partial charge in [0.1, 0.15) is 91.1 Å². The van der Waals surface area contributed by atoms with Crippen molar-refractivity contribution in [2.75, 3.05) is 40.1 Å². The number of carboxylic acids is 2. The molecule has 0 bridgehead atoms. The Hall–Kier alpha value is -4.44. The van der Waals surface area contributed by atoms with E-state index in [0.29, 0.717) is 11.8 Å². The van der Waals surface area contributed by atoms with Gasteiger partial charge in [0.05, 0.1) is 32.8 Å². The van der Waals surface area contributed by atoms with E-state index in [0.717, 1.165) is 13.8 Å². The zero-order chi connectivity index (χ0) is 50.2. The number of hydrogen-bond acceptors (Lipinski definition) is 23. The largest absolute Gasteiger partial charge is 0.481 e. The SMILES string of the molecule is COC1C(CO)OC(OC2(CC(=O)O)COC(OC3C(CO)OC(OC4C(C(=O)O)OC(OCCNC(=O)c5ccc(C=O)cc5)C(O)C4O)C(NC(C)=O)C3O)C(O)C2O)C(NC(C)=O)C1O. The highest BCUT2D eigenvalue weighted by molar-refractivity contribution is 5.94. The Balaban J connectivity index is 1.28. The first-order valence-corrected chi connectivity index (χ1v) is 21.0. The van der Waals surface area contributed by atoms with Gasteiger partial charge in [-0.25, -0.2) is 4.79 Å². The third kappa shape index (κ3) is 12.5. The van der Waals surface area contributed by atoms with Crippen LogP contribution < -0.4 is 16.0 Å². The van der Waals surface area contributed by atoms with Crippen LogP contribution in [0.3, 0.4) is 0 Å². The molecule has 0 aromatic heterocycles. The van der Waals surface area contributed by atoms with E-state index < -0.39 is 172 Å². The molecule has 3 amide bonds. The molecule has 0 radical (unpaired) electrons. The summed E-state index contributed by atoms with van der Waals surface area (Å²) in [5.41, 5.74) is -1.90. The van der Waals surface area contributed by atoms with Gasteiger partial charge in [0.25, 0.3) is 5.91 Å². The van der Waals surface area contributed by atoms with E-state index in [4.69, 9.17) is 42.6 Å². The van der Waals surface area contributed by atoms with Crippen molar-refractivity contribution >= 4 is 35.9 Å². The third-order valence-corrected chi connectivity index (χ3v) is 11.5. The molecule has 19 unspecified atom stereocenters. The number of benzene rings is 1. The van der Waals surface area contributed by atoms with Gasteiger partial charge in [0.15, 0.2) is 31.3 Å². The maximum atomic E-state index is 12.5. The molecular formula is C40H57N3O25. The predicted octanol–water partition coefficient (Wildman–Crippen LogP) is -6.96. The number of amides is 3. The van der Waals surface area contributed by atoms with E-state index in [1.807, 2.05) is 0 Å². The second-order valence-corrected chi connectivity index (χ2v) is 16.3. The first-order chi connectivity index (χ1) is 32.2. The van der Waals surface area contributed by atoms with Crippen molar-refractivity contribution in [3.05, 3.63) is 35.4 Å². The maximum Gasteiger partial charge on any atom is 0.335 e. The number of carbonyl (C=O) groups is 6. The zero-order valence-corrected chi connectivity index (χ0v) is 36.6. The molecule has 19 atom stereocenters. The molecule has 28 heteroatoms. The summed E-state index contributed by atoms with van der Waals surface area (Å²) in [6, 6.07) is 2.39. The number of aliphatic hydroxyl groups is 8. The zero-order valence-electron chi connectivity index (χ0n) is 36.6. The summed E-state index contributed by atoms with van der Waals surface area (Å²) in [5.74, 6) is -5.45. The molecular weight excluding hydrogens is 922 g/mol. The van der Waals surface area contributed by atoms with E-state index >= 15 is 0 Å². The summed E-state index contributed by atoms with van der Waals surface area (Å²) < 4.78 is 50.8. The molecule has 4 fully saturated rings. The van der Waals surface area contributed by atoms with Gasteiger partial charge in [-0.05, 0) is 12.1 Å². The van der Waals surface area contributed by atoms with Crippen molar-refractivity contribution in [3.63, 3.8) is 0 Å². The fourth-order valence-corrected chi connectivity index (χ4v) is 8.15.